The summed E-state index contributed by atoms with van der Waals surface area (Å²) in [5, 5.41) is 12.8. The molecule has 0 radical (unpaired) electrons. The maximum atomic E-state index is 12.2. The van der Waals surface area contributed by atoms with Crippen molar-refractivity contribution in [3.8, 4) is 0 Å². The fourth-order valence-corrected chi connectivity index (χ4v) is 2.32. The van der Waals surface area contributed by atoms with Crippen LogP contribution in [0.2, 0.25) is 0 Å². The summed E-state index contributed by atoms with van der Waals surface area (Å²) in [6.07, 6.45) is 0. The van der Waals surface area contributed by atoms with Gasteiger partial charge in [-0.2, -0.15) is 0 Å². The van der Waals surface area contributed by atoms with Crippen molar-refractivity contribution in [1.29, 1.82) is 0 Å². The molecule has 104 valence electrons. The smallest absolute Gasteiger partial charge is 0.272 e. The quantitative estimate of drug-likeness (QED) is 0.816. The third-order valence-electron chi connectivity index (χ3n) is 3.43. The predicted molar refractivity (Wildman–Crippen MR) is 75.1 cm³/mol. The van der Waals surface area contributed by atoms with Crippen LogP contribution in [0.4, 0.5) is 5.69 Å². The van der Waals surface area contributed by atoms with Crippen LogP contribution in [0.25, 0.3) is 0 Å². The van der Waals surface area contributed by atoms with Crippen LogP contribution in [-0.2, 0) is 4.79 Å². The van der Waals surface area contributed by atoms with Gasteiger partial charge in [0.15, 0.2) is 0 Å². The number of ketones is 2. The Morgan fingerprint density at radius 2 is 1.33 bits per heavy atom. The molecular weight excluding hydrogens is 270 g/mol. The number of carbonyl (C=O) groups excluding carboxylic acids is 3. The summed E-state index contributed by atoms with van der Waals surface area (Å²) >= 11 is 0. The highest BCUT2D eigenvalue weighted by atomic mass is 16.3. The molecular formula is C16H11NO4. The van der Waals surface area contributed by atoms with Crippen molar-refractivity contribution in [2.45, 2.75) is 5.60 Å². The van der Waals surface area contributed by atoms with Gasteiger partial charge < -0.3 is 10.4 Å². The number of anilines is 1. The molecule has 1 amide bonds. The summed E-state index contributed by atoms with van der Waals surface area (Å²) in [6, 6.07) is 14.3. The number of para-hydroxylation sites is 1. The maximum absolute atomic E-state index is 12.2. The van der Waals surface area contributed by atoms with E-state index in [0.717, 1.165) is 0 Å². The van der Waals surface area contributed by atoms with E-state index in [1.54, 1.807) is 42.5 Å². The molecule has 2 N–H and O–H groups in total. The fraction of sp³-hybridized carbons (Fsp3) is 0.0625. The van der Waals surface area contributed by atoms with E-state index >= 15 is 0 Å². The molecule has 0 unspecified atom stereocenters. The van der Waals surface area contributed by atoms with Crippen molar-refractivity contribution in [2.75, 3.05) is 5.32 Å². The molecule has 0 saturated carbocycles. The molecule has 0 aromatic heterocycles. The van der Waals surface area contributed by atoms with E-state index in [9.17, 15) is 19.5 Å². The topological polar surface area (TPSA) is 83.5 Å². The Balaban J connectivity index is 1.97. The van der Waals surface area contributed by atoms with Crippen LogP contribution in [0.15, 0.2) is 54.6 Å². The van der Waals surface area contributed by atoms with Gasteiger partial charge >= 0.3 is 0 Å². The van der Waals surface area contributed by atoms with Gasteiger partial charge in [-0.1, -0.05) is 42.5 Å². The third-order valence-corrected chi connectivity index (χ3v) is 3.43. The van der Waals surface area contributed by atoms with Gasteiger partial charge in [0.1, 0.15) is 0 Å². The van der Waals surface area contributed by atoms with E-state index in [4.69, 9.17) is 0 Å². The van der Waals surface area contributed by atoms with Crippen molar-refractivity contribution in [1.82, 2.24) is 0 Å². The Labute approximate surface area is 120 Å². The number of fused-ring (bicyclic) bond motifs is 1. The minimum Gasteiger partial charge on any atom is -0.367 e. The van der Waals surface area contributed by atoms with Crippen LogP contribution in [0, 0.1) is 0 Å². The molecule has 2 aromatic rings. The average Bonchev–Trinajstić information content (AvgIpc) is 2.72. The minimum atomic E-state index is -2.69. The first-order valence-electron chi connectivity index (χ1n) is 6.32. The lowest BCUT2D eigenvalue weighted by molar-refractivity contribution is -0.126. The SMILES string of the molecule is O=C(Nc1ccccc1)C1(O)C(=O)c2ccccc2C1=O. The molecule has 0 bridgehead atoms. The molecule has 0 aliphatic heterocycles. The molecule has 2 aromatic carbocycles. The molecule has 0 saturated heterocycles. The van der Waals surface area contributed by atoms with E-state index in [-0.39, 0.29) is 11.1 Å². The Morgan fingerprint density at radius 3 is 1.86 bits per heavy atom. The van der Waals surface area contributed by atoms with Crippen molar-refractivity contribution in [3.63, 3.8) is 0 Å². The first-order chi connectivity index (χ1) is 10.0. The van der Waals surface area contributed by atoms with Crippen molar-refractivity contribution in [2.24, 2.45) is 0 Å². The largest absolute Gasteiger partial charge is 0.367 e. The van der Waals surface area contributed by atoms with Gasteiger partial charge in [-0.25, -0.2) is 0 Å². The number of rotatable bonds is 2. The second-order valence-electron chi connectivity index (χ2n) is 4.73. The molecule has 1 aliphatic carbocycles. The van der Waals surface area contributed by atoms with Crippen LogP contribution in [0.3, 0.4) is 0 Å². The number of hydrogen-bond donors (Lipinski definition) is 2. The van der Waals surface area contributed by atoms with Gasteiger partial charge in [-0.3, -0.25) is 14.4 Å². The lowest BCUT2D eigenvalue weighted by Gasteiger charge is -2.18. The van der Waals surface area contributed by atoms with E-state index in [1.807, 2.05) is 0 Å². The summed E-state index contributed by atoms with van der Waals surface area (Å²) in [5.74, 6) is -2.83. The summed E-state index contributed by atoms with van der Waals surface area (Å²) in [6.45, 7) is 0. The molecule has 0 heterocycles. The van der Waals surface area contributed by atoms with Crippen LogP contribution >= 0.6 is 0 Å². The van der Waals surface area contributed by atoms with Gasteiger partial charge in [0.2, 0.25) is 11.6 Å². The molecule has 1 aliphatic rings. The van der Waals surface area contributed by atoms with Crippen LogP contribution < -0.4 is 5.32 Å². The number of amides is 1. The highest BCUT2D eigenvalue weighted by molar-refractivity contribution is 6.43. The minimum absolute atomic E-state index is 0.0632. The van der Waals surface area contributed by atoms with Gasteiger partial charge in [0.05, 0.1) is 0 Å². The van der Waals surface area contributed by atoms with Crippen molar-refractivity contribution >= 4 is 23.2 Å². The van der Waals surface area contributed by atoms with Gasteiger partial charge in [-0.05, 0) is 12.1 Å². The maximum Gasteiger partial charge on any atom is 0.272 e. The summed E-state index contributed by atoms with van der Waals surface area (Å²) in [7, 11) is 0. The fourth-order valence-electron chi connectivity index (χ4n) is 2.32. The Bertz CT molecular complexity index is 717. The molecule has 0 spiro atoms. The number of aliphatic hydroxyl groups is 1. The van der Waals surface area contributed by atoms with E-state index < -0.39 is 23.1 Å². The second kappa shape index (κ2) is 4.64. The molecule has 3 rings (SSSR count). The van der Waals surface area contributed by atoms with Gasteiger partial charge in [0.25, 0.3) is 11.5 Å². The molecule has 5 nitrogen and oxygen atoms in total. The standard InChI is InChI=1S/C16H11NO4/c18-13-11-8-4-5-9-12(11)14(19)16(13,21)15(20)17-10-6-2-1-3-7-10/h1-9,21H,(H,17,20). The molecule has 0 fully saturated rings. The zero-order valence-electron chi connectivity index (χ0n) is 10.9. The number of nitrogens with one attached hydrogen (secondary N) is 1. The zero-order chi connectivity index (χ0) is 15.0. The predicted octanol–water partition coefficient (Wildman–Crippen LogP) is 1.44. The van der Waals surface area contributed by atoms with E-state index in [1.165, 1.54) is 12.1 Å². The molecule has 21 heavy (non-hydrogen) atoms. The number of Topliss-reactive ketones (excluding diaryl/α,β-unsaturated/α-hetero) is 2. The second-order valence-corrected chi connectivity index (χ2v) is 4.73. The highest BCUT2D eigenvalue weighted by Gasteiger charge is 2.57. The van der Waals surface area contributed by atoms with Crippen LogP contribution in [0.5, 0.6) is 0 Å². The summed E-state index contributed by atoms with van der Waals surface area (Å²) in [4.78, 5) is 36.7. The van der Waals surface area contributed by atoms with Crippen molar-refractivity contribution in [3.05, 3.63) is 65.7 Å². The Kier molecular flexibility index (Phi) is 2.92. The average molecular weight is 281 g/mol. The lowest BCUT2D eigenvalue weighted by atomic mass is 9.96. The Morgan fingerprint density at radius 1 is 0.857 bits per heavy atom. The number of benzene rings is 2. The summed E-state index contributed by atoms with van der Waals surface area (Å²) in [5.41, 5.74) is -2.17. The van der Waals surface area contributed by atoms with Crippen LogP contribution in [-0.4, -0.2) is 28.2 Å². The summed E-state index contributed by atoms with van der Waals surface area (Å²) < 4.78 is 0. The lowest BCUT2D eigenvalue weighted by Crippen LogP contribution is -2.52. The number of hydrogen-bond acceptors (Lipinski definition) is 4. The monoisotopic (exact) mass is 281 g/mol. The van der Waals surface area contributed by atoms with Crippen molar-refractivity contribution < 1.29 is 19.5 Å². The van der Waals surface area contributed by atoms with Gasteiger partial charge in [0, 0.05) is 16.8 Å². The zero-order valence-corrected chi connectivity index (χ0v) is 10.9. The van der Waals surface area contributed by atoms with E-state index in [0.29, 0.717) is 5.69 Å². The third kappa shape index (κ3) is 1.86. The molecule has 0 atom stereocenters. The first kappa shape index (κ1) is 13.2. The normalized spacial score (nSPS) is 15.7. The van der Waals surface area contributed by atoms with Crippen LogP contribution in [0.1, 0.15) is 20.7 Å². The van der Waals surface area contributed by atoms with E-state index in [2.05, 4.69) is 5.32 Å². The molecule has 5 heteroatoms. The highest BCUT2D eigenvalue weighted by Crippen LogP contribution is 2.31. The first-order valence-corrected chi connectivity index (χ1v) is 6.32. The van der Waals surface area contributed by atoms with Gasteiger partial charge in [-0.15, -0.1) is 0 Å². The Hall–Kier alpha value is -2.79. The number of carbonyl (C=O) groups is 3.